The number of carboxylic acid groups (broad SMARTS) is 1. The molecule has 3 heteroatoms. The maximum absolute atomic E-state index is 11.6. The van der Waals surface area contributed by atoms with Gasteiger partial charge in [0.1, 0.15) is 0 Å². The Kier molecular flexibility index (Phi) is 3.28. The Morgan fingerprint density at radius 2 is 2.05 bits per heavy atom. The minimum atomic E-state index is -0.698. The van der Waals surface area contributed by atoms with Crippen molar-refractivity contribution in [1.29, 1.82) is 0 Å². The lowest BCUT2D eigenvalue weighted by atomic mass is 9.88. The predicted molar refractivity (Wildman–Crippen MR) is 75.3 cm³/mol. The Balaban J connectivity index is 1.92. The van der Waals surface area contributed by atoms with Crippen molar-refractivity contribution < 1.29 is 9.90 Å². The average molecular weight is 257 g/mol. The van der Waals surface area contributed by atoms with Gasteiger partial charge in [-0.25, -0.2) is 0 Å². The van der Waals surface area contributed by atoms with E-state index in [2.05, 4.69) is 4.98 Å². The summed E-state index contributed by atoms with van der Waals surface area (Å²) in [6, 6.07) is 7.93. The SMILES string of the molecule is O=C(O)C(CC1CCCC1)c1c[nH]c2ccccc12. The molecule has 2 N–H and O–H groups in total. The van der Waals surface area contributed by atoms with Crippen molar-refractivity contribution in [3.63, 3.8) is 0 Å². The number of carbonyl (C=O) groups is 1. The number of aromatic nitrogens is 1. The number of H-pyrrole nitrogens is 1. The quantitative estimate of drug-likeness (QED) is 0.872. The number of fused-ring (bicyclic) bond motifs is 1. The van der Waals surface area contributed by atoms with Gasteiger partial charge in [-0.3, -0.25) is 4.79 Å². The Morgan fingerprint density at radius 1 is 1.32 bits per heavy atom. The van der Waals surface area contributed by atoms with E-state index in [0.717, 1.165) is 22.9 Å². The second kappa shape index (κ2) is 5.08. The first-order valence-electron chi connectivity index (χ1n) is 7.04. The van der Waals surface area contributed by atoms with Crippen molar-refractivity contribution in [2.75, 3.05) is 0 Å². The number of hydrogen-bond donors (Lipinski definition) is 2. The van der Waals surface area contributed by atoms with Crippen LogP contribution >= 0.6 is 0 Å². The van der Waals surface area contributed by atoms with Crippen molar-refractivity contribution in [1.82, 2.24) is 4.98 Å². The summed E-state index contributed by atoms with van der Waals surface area (Å²) in [5.74, 6) is -0.495. The molecule has 1 unspecified atom stereocenters. The van der Waals surface area contributed by atoms with Gasteiger partial charge in [-0.15, -0.1) is 0 Å². The number of carboxylic acids is 1. The van der Waals surface area contributed by atoms with E-state index in [0.29, 0.717) is 5.92 Å². The monoisotopic (exact) mass is 257 g/mol. The Hall–Kier alpha value is -1.77. The zero-order chi connectivity index (χ0) is 13.2. The van der Waals surface area contributed by atoms with Crippen molar-refractivity contribution in [2.45, 2.75) is 38.0 Å². The molecular formula is C16H19NO2. The molecule has 19 heavy (non-hydrogen) atoms. The molecule has 1 saturated carbocycles. The van der Waals surface area contributed by atoms with Gasteiger partial charge in [0, 0.05) is 17.1 Å². The van der Waals surface area contributed by atoms with E-state index >= 15 is 0 Å². The van der Waals surface area contributed by atoms with Crippen molar-refractivity contribution in [3.05, 3.63) is 36.0 Å². The average Bonchev–Trinajstić information content (AvgIpc) is 3.05. The minimum Gasteiger partial charge on any atom is -0.481 e. The molecular weight excluding hydrogens is 238 g/mol. The molecule has 0 bridgehead atoms. The molecule has 1 aliphatic rings. The molecule has 3 rings (SSSR count). The third kappa shape index (κ3) is 2.37. The Labute approximate surface area is 112 Å². The first-order valence-corrected chi connectivity index (χ1v) is 7.04. The molecule has 0 spiro atoms. The van der Waals surface area contributed by atoms with Crippen LogP contribution in [0.4, 0.5) is 0 Å². The van der Waals surface area contributed by atoms with Crippen LogP contribution in [0, 0.1) is 5.92 Å². The zero-order valence-electron chi connectivity index (χ0n) is 10.9. The summed E-state index contributed by atoms with van der Waals surface area (Å²) in [5, 5.41) is 10.6. The van der Waals surface area contributed by atoms with E-state index in [4.69, 9.17) is 0 Å². The predicted octanol–water partition coefficient (Wildman–Crippen LogP) is 3.92. The molecule has 3 nitrogen and oxygen atoms in total. The van der Waals surface area contributed by atoms with Crippen molar-refractivity contribution >= 4 is 16.9 Å². The van der Waals surface area contributed by atoms with Gasteiger partial charge in [0.05, 0.1) is 5.92 Å². The topological polar surface area (TPSA) is 53.1 Å². The third-order valence-corrected chi connectivity index (χ3v) is 4.34. The van der Waals surface area contributed by atoms with Gasteiger partial charge < -0.3 is 10.1 Å². The molecule has 0 amide bonds. The third-order valence-electron chi connectivity index (χ3n) is 4.34. The highest BCUT2D eigenvalue weighted by Crippen LogP contribution is 2.36. The van der Waals surface area contributed by atoms with Gasteiger partial charge in [0.25, 0.3) is 0 Å². The van der Waals surface area contributed by atoms with E-state index < -0.39 is 5.97 Å². The van der Waals surface area contributed by atoms with Gasteiger partial charge >= 0.3 is 5.97 Å². The molecule has 0 aliphatic heterocycles. The smallest absolute Gasteiger partial charge is 0.311 e. The summed E-state index contributed by atoms with van der Waals surface area (Å²) in [6.07, 6.45) is 7.53. The molecule has 1 atom stereocenters. The van der Waals surface area contributed by atoms with Crippen LogP contribution in [0.2, 0.25) is 0 Å². The number of para-hydroxylation sites is 1. The van der Waals surface area contributed by atoms with Gasteiger partial charge in [-0.2, -0.15) is 0 Å². The number of rotatable bonds is 4. The summed E-state index contributed by atoms with van der Waals surface area (Å²) in [5.41, 5.74) is 1.96. The van der Waals surface area contributed by atoms with Crippen LogP contribution in [0.25, 0.3) is 10.9 Å². The standard InChI is InChI=1S/C16H19NO2/c18-16(19)13(9-11-5-1-2-6-11)14-10-17-15-8-4-3-7-12(14)15/h3-4,7-8,10-11,13,17H,1-2,5-6,9H2,(H,18,19). The van der Waals surface area contributed by atoms with Crippen molar-refractivity contribution in [2.24, 2.45) is 5.92 Å². The normalized spacial score (nSPS) is 17.9. The van der Waals surface area contributed by atoms with Gasteiger partial charge in [0.15, 0.2) is 0 Å². The summed E-state index contributed by atoms with van der Waals surface area (Å²) in [4.78, 5) is 14.8. The van der Waals surface area contributed by atoms with Gasteiger partial charge in [-0.05, 0) is 24.0 Å². The van der Waals surface area contributed by atoms with Crippen LogP contribution in [-0.2, 0) is 4.79 Å². The molecule has 1 heterocycles. The van der Waals surface area contributed by atoms with Gasteiger partial charge in [-0.1, -0.05) is 43.9 Å². The largest absolute Gasteiger partial charge is 0.481 e. The lowest BCUT2D eigenvalue weighted by Crippen LogP contribution is -2.14. The van der Waals surface area contributed by atoms with E-state index in [1.165, 1.54) is 25.7 Å². The number of aliphatic carboxylic acids is 1. The van der Waals surface area contributed by atoms with E-state index in [-0.39, 0.29) is 5.92 Å². The molecule has 0 saturated heterocycles. The van der Waals surface area contributed by atoms with Crippen LogP contribution in [-0.4, -0.2) is 16.1 Å². The summed E-state index contributed by atoms with van der Waals surface area (Å²) < 4.78 is 0. The number of aromatic amines is 1. The lowest BCUT2D eigenvalue weighted by molar-refractivity contribution is -0.139. The van der Waals surface area contributed by atoms with E-state index in [1.54, 1.807) is 0 Å². The number of benzene rings is 1. The lowest BCUT2D eigenvalue weighted by Gasteiger charge is -2.16. The highest BCUT2D eigenvalue weighted by molar-refractivity contribution is 5.89. The Morgan fingerprint density at radius 3 is 2.79 bits per heavy atom. The van der Waals surface area contributed by atoms with E-state index in [1.807, 2.05) is 30.5 Å². The van der Waals surface area contributed by atoms with Crippen LogP contribution in [0.3, 0.4) is 0 Å². The molecule has 1 aromatic carbocycles. The highest BCUT2D eigenvalue weighted by atomic mass is 16.4. The minimum absolute atomic E-state index is 0.376. The zero-order valence-corrected chi connectivity index (χ0v) is 10.9. The second-order valence-electron chi connectivity index (χ2n) is 5.57. The molecule has 1 aromatic heterocycles. The van der Waals surface area contributed by atoms with Crippen LogP contribution in [0.1, 0.15) is 43.6 Å². The number of nitrogens with one attached hydrogen (secondary N) is 1. The summed E-state index contributed by atoms with van der Waals surface area (Å²) in [6.45, 7) is 0. The fraction of sp³-hybridized carbons (Fsp3) is 0.438. The van der Waals surface area contributed by atoms with Crippen molar-refractivity contribution in [3.8, 4) is 0 Å². The molecule has 2 aromatic rings. The first-order chi connectivity index (χ1) is 9.25. The summed E-state index contributed by atoms with van der Waals surface area (Å²) >= 11 is 0. The fourth-order valence-electron chi connectivity index (χ4n) is 3.32. The highest BCUT2D eigenvalue weighted by Gasteiger charge is 2.27. The maximum Gasteiger partial charge on any atom is 0.311 e. The Bertz CT molecular complexity index is 581. The van der Waals surface area contributed by atoms with E-state index in [9.17, 15) is 9.90 Å². The van der Waals surface area contributed by atoms with Crippen LogP contribution in [0.5, 0.6) is 0 Å². The first kappa shape index (κ1) is 12.3. The summed E-state index contributed by atoms with van der Waals surface area (Å²) in [7, 11) is 0. The fourth-order valence-corrected chi connectivity index (χ4v) is 3.32. The van der Waals surface area contributed by atoms with Crippen LogP contribution < -0.4 is 0 Å². The molecule has 1 aliphatic carbocycles. The van der Waals surface area contributed by atoms with Crippen LogP contribution in [0.15, 0.2) is 30.5 Å². The molecule has 0 radical (unpaired) electrons. The number of hydrogen-bond acceptors (Lipinski definition) is 1. The molecule has 100 valence electrons. The van der Waals surface area contributed by atoms with Gasteiger partial charge in [0.2, 0.25) is 0 Å². The molecule has 1 fully saturated rings. The maximum atomic E-state index is 11.6. The second-order valence-corrected chi connectivity index (χ2v) is 5.57.